The van der Waals surface area contributed by atoms with Crippen molar-refractivity contribution in [3.05, 3.63) is 99.2 Å². The fourth-order valence-electron chi connectivity index (χ4n) is 4.29. The number of rotatable bonds is 4. The zero-order chi connectivity index (χ0) is 25.1. The highest BCUT2D eigenvalue weighted by Crippen LogP contribution is 2.44. The summed E-state index contributed by atoms with van der Waals surface area (Å²) in [7, 11) is 0. The Bertz CT molecular complexity index is 1700. The lowest BCUT2D eigenvalue weighted by Crippen LogP contribution is -2.31. The van der Waals surface area contributed by atoms with Crippen molar-refractivity contribution in [2.75, 3.05) is 4.90 Å². The molecule has 3 aromatic heterocycles. The molecule has 1 unspecified atom stereocenters. The number of Topliss-reactive ketones (excluding diaryl/α,β-unsaturated/α-hetero) is 1. The van der Waals surface area contributed by atoms with E-state index in [0.29, 0.717) is 37.2 Å². The molecular weight excluding hydrogens is 521 g/mol. The summed E-state index contributed by atoms with van der Waals surface area (Å²) in [4.78, 5) is 37.2. The van der Waals surface area contributed by atoms with E-state index < -0.39 is 23.5 Å². The molecule has 1 atom stereocenters. The van der Waals surface area contributed by atoms with E-state index in [1.165, 1.54) is 16.2 Å². The Labute approximate surface area is 218 Å². The van der Waals surface area contributed by atoms with Gasteiger partial charge in [-0.1, -0.05) is 40.6 Å². The van der Waals surface area contributed by atoms with Crippen LogP contribution in [0.1, 0.15) is 27.7 Å². The van der Waals surface area contributed by atoms with Crippen LogP contribution in [-0.2, 0) is 4.79 Å². The van der Waals surface area contributed by atoms with E-state index in [2.05, 4.69) is 9.97 Å². The number of anilines is 1. The largest absolute Gasteiger partial charge is 0.503 e. The van der Waals surface area contributed by atoms with Gasteiger partial charge in [0.1, 0.15) is 5.58 Å². The minimum absolute atomic E-state index is 0.0240. The van der Waals surface area contributed by atoms with Crippen LogP contribution in [0, 0.1) is 6.92 Å². The maximum Gasteiger partial charge on any atom is 0.296 e. The third kappa shape index (κ3) is 3.57. The van der Waals surface area contributed by atoms with Crippen molar-refractivity contribution in [2.24, 2.45) is 0 Å². The molecule has 0 radical (unpaired) electrons. The number of ketones is 1. The summed E-state index contributed by atoms with van der Waals surface area (Å²) in [5, 5.41) is 13.0. The Morgan fingerprint density at radius 3 is 2.78 bits per heavy atom. The van der Waals surface area contributed by atoms with Gasteiger partial charge in [0.25, 0.3) is 5.91 Å². The van der Waals surface area contributed by atoms with Gasteiger partial charge in [-0.3, -0.25) is 19.5 Å². The molecule has 1 aliphatic rings. The summed E-state index contributed by atoms with van der Waals surface area (Å²) >= 11 is 13.6. The van der Waals surface area contributed by atoms with Gasteiger partial charge in [0.05, 0.1) is 21.8 Å². The number of benzene rings is 2. The lowest BCUT2D eigenvalue weighted by Gasteiger charge is -2.23. The minimum atomic E-state index is -0.965. The molecule has 0 spiro atoms. The number of furan rings is 1. The van der Waals surface area contributed by atoms with E-state index in [-0.39, 0.29) is 11.3 Å². The van der Waals surface area contributed by atoms with Crippen molar-refractivity contribution in [1.82, 2.24) is 9.97 Å². The summed E-state index contributed by atoms with van der Waals surface area (Å²) in [6, 6.07) is 12.6. The van der Waals surface area contributed by atoms with Gasteiger partial charge in [-0.25, -0.2) is 4.98 Å². The number of aliphatic hydroxyl groups excluding tert-OH is 1. The first-order chi connectivity index (χ1) is 17.3. The molecule has 1 aliphatic heterocycles. The highest BCUT2D eigenvalue weighted by atomic mass is 35.5. The first-order valence-electron chi connectivity index (χ1n) is 10.8. The molecule has 2 aromatic carbocycles. The lowest BCUT2D eigenvalue weighted by molar-refractivity contribution is -0.117. The predicted molar refractivity (Wildman–Crippen MR) is 139 cm³/mol. The normalized spacial score (nSPS) is 16.0. The van der Waals surface area contributed by atoms with Gasteiger partial charge in [0.15, 0.2) is 16.7 Å². The van der Waals surface area contributed by atoms with Crippen LogP contribution in [-0.4, -0.2) is 26.8 Å². The molecular formula is C26H15Cl2N3O4S. The molecule has 0 saturated carbocycles. The van der Waals surface area contributed by atoms with E-state index in [0.717, 1.165) is 10.3 Å². The van der Waals surface area contributed by atoms with Crippen molar-refractivity contribution in [2.45, 2.75) is 13.0 Å². The van der Waals surface area contributed by atoms with Crippen LogP contribution in [0.3, 0.4) is 0 Å². The standard InChI is InChI=1S/C26H15Cl2N3O4S/c1-12-7-20-17(10-16(12)28)30-26(36-20)31-22(13-3-2-6-29-11-13)21(24(33)25(31)34)23(32)19-9-14-8-15(27)4-5-18(14)35-19/h2-11,22,33H,1H3. The number of aliphatic hydroxyl groups is 1. The van der Waals surface area contributed by atoms with Crippen molar-refractivity contribution in [3.63, 3.8) is 0 Å². The molecule has 0 fully saturated rings. The molecule has 178 valence electrons. The quantitative estimate of drug-likeness (QED) is 0.253. The van der Waals surface area contributed by atoms with Crippen LogP contribution >= 0.6 is 34.5 Å². The highest BCUT2D eigenvalue weighted by Gasteiger charge is 2.46. The van der Waals surface area contributed by atoms with Crippen LogP contribution in [0.4, 0.5) is 5.13 Å². The number of pyridine rings is 1. The van der Waals surface area contributed by atoms with Crippen LogP contribution in [0.2, 0.25) is 10.0 Å². The lowest BCUT2D eigenvalue weighted by atomic mass is 9.96. The third-order valence-corrected chi connectivity index (χ3v) is 7.68. The van der Waals surface area contributed by atoms with Crippen molar-refractivity contribution >= 4 is 72.5 Å². The molecule has 5 aromatic rings. The second kappa shape index (κ2) is 8.44. The fourth-order valence-corrected chi connectivity index (χ4v) is 5.70. The Hall–Kier alpha value is -3.72. The highest BCUT2D eigenvalue weighted by molar-refractivity contribution is 7.22. The van der Waals surface area contributed by atoms with Gasteiger partial charge in [-0.05, 0) is 60.5 Å². The van der Waals surface area contributed by atoms with E-state index >= 15 is 0 Å². The monoisotopic (exact) mass is 535 g/mol. The first kappa shape index (κ1) is 22.7. The molecule has 4 heterocycles. The van der Waals surface area contributed by atoms with Gasteiger partial charge < -0.3 is 9.52 Å². The fraction of sp³-hybridized carbons (Fsp3) is 0.0769. The molecule has 1 amide bonds. The number of thiazole rings is 1. The first-order valence-corrected chi connectivity index (χ1v) is 12.4. The van der Waals surface area contributed by atoms with Crippen LogP contribution < -0.4 is 4.90 Å². The summed E-state index contributed by atoms with van der Waals surface area (Å²) < 4.78 is 6.57. The Morgan fingerprint density at radius 1 is 1.17 bits per heavy atom. The predicted octanol–water partition coefficient (Wildman–Crippen LogP) is 6.84. The average Bonchev–Trinajstić information content (AvgIpc) is 3.53. The number of carbonyl (C=O) groups is 2. The van der Waals surface area contributed by atoms with Gasteiger partial charge in [0.2, 0.25) is 5.78 Å². The maximum absolute atomic E-state index is 13.7. The number of nitrogens with zero attached hydrogens (tertiary/aromatic N) is 3. The molecule has 36 heavy (non-hydrogen) atoms. The van der Waals surface area contributed by atoms with Crippen molar-refractivity contribution < 1.29 is 19.1 Å². The molecule has 0 bridgehead atoms. The van der Waals surface area contributed by atoms with Gasteiger partial charge in [0, 0.05) is 27.8 Å². The Morgan fingerprint density at radius 2 is 2.00 bits per heavy atom. The van der Waals surface area contributed by atoms with E-state index in [9.17, 15) is 14.7 Å². The number of hydrogen-bond acceptors (Lipinski definition) is 7. The summed E-state index contributed by atoms with van der Waals surface area (Å²) in [5.74, 6) is -2.05. The van der Waals surface area contributed by atoms with E-state index in [4.69, 9.17) is 27.6 Å². The Balaban J connectivity index is 1.50. The van der Waals surface area contributed by atoms with Crippen molar-refractivity contribution in [1.29, 1.82) is 0 Å². The number of fused-ring (bicyclic) bond motifs is 2. The summed E-state index contributed by atoms with van der Waals surface area (Å²) in [6.07, 6.45) is 3.13. The number of aryl methyl sites for hydroxylation is 1. The molecule has 1 N–H and O–H groups in total. The van der Waals surface area contributed by atoms with Gasteiger partial charge >= 0.3 is 0 Å². The van der Waals surface area contributed by atoms with Crippen molar-refractivity contribution in [3.8, 4) is 0 Å². The Kier molecular flexibility index (Phi) is 5.33. The SMILES string of the molecule is Cc1cc2sc(N3C(=O)C(O)=C(C(=O)c4cc5cc(Cl)ccc5o4)C3c3cccnc3)nc2cc1Cl. The molecule has 10 heteroatoms. The zero-order valence-corrected chi connectivity index (χ0v) is 20.9. The molecule has 6 rings (SSSR count). The third-order valence-electron chi connectivity index (χ3n) is 6.02. The molecule has 0 aliphatic carbocycles. The number of halogens is 2. The smallest absolute Gasteiger partial charge is 0.296 e. The van der Waals surface area contributed by atoms with E-state index in [1.54, 1.807) is 54.9 Å². The van der Waals surface area contributed by atoms with E-state index in [1.807, 2.05) is 13.0 Å². The van der Waals surface area contributed by atoms with Crippen LogP contribution in [0.15, 0.2) is 76.7 Å². The number of aromatic nitrogens is 2. The maximum atomic E-state index is 13.7. The van der Waals surface area contributed by atoms with Gasteiger partial charge in [-0.2, -0.15) is 0 Å². The minimum Gasteiger partial charge on any atom is -0.503 e. The average molecular weight is 536 g/mol. The summed E-state index contributed by atoms with van der Waals surface area (Å²) in [5.41, 5.74) is 2.35. The zero-order valence-electron chi connectivity index (χ0n) is 18.5. The summed E-state index contributed by atoms with van der Waals surface area (Å²) in [6.45, 7) is 1.88. The van der Waals surface area contributed by atoms with Crippen LogP contribution in [0.25, 0.3) is 21.2 Å². The van der Waals surface area contributed by atoms with Crippen LogP contribution in [0.5, 0.6) is 0 Å². The number of amides is 1. The number of carbonyl (C=O) groups excluding carboxylic acids is 2. The second-order valence-electron chi connectivity index (χ2n) is 8.31. The topological polar surface area (TPSA) is 96.5 Å². The number of hydrogen-bond donors (Lipinski definition) is 1. The second-order valence-corrected chi connectivity index (χ2v) is 10.2. The molecule has 7 nitrogen and oxygen atoms in total. The van der Waals surface area contributed by atoms with Gasteiger partial charge in [-0.15, -0.1) is 0 Å². The molecule has 0 saturated heterocycles.